The molecule has 0 bridgehead atoms. The van der Waals surface area contributed by atoms with Crippen molar-refractivity contribution < 1.29 is 13.6 Å². The number of halogens is 3. The molecule has 2 rings (SSSR count). The third kappa shape index (κ3) is 1.35. The molecule has 0 aliphatic carbocycles. The summed E-state index contributed by atoms with van der Waals surface area (Å²) < 4.78 is 18.7. The molecule has 2 aromatic rings. The van der Waals surface area contributed by atoms with Gasteiger partial charge in [-0.3, -0.25) is 4.79 Å². The fourth-order valence-electron chi connectivity index (χ4n) is 1.18. The van der Waals surface area contributed by atoms with Gasteiger partial charge in [-0.25, -0.2) is 4.39 Å². The van der Waals surface area contributed by atoms with Crippen molar-refractivity contribution in [3.63, 3.8) is 0 Å². The van der Waals surface area contributed by atoms with E-state index in [-0.39, 0.29) is 26.2 Å². The molecule has 0 aliphatic heterocycles. The van der Waals surface area contributed by atoms with Crippen LogP contribution in [0.25, 0.3) is 11.0 Å². The summed E-state index contributed by atoms with van der Waals surface area (Å²) in [5.41, 5.74) is 0.189. The molecule has 0 atom stereocenters. The van der Waals surface area contributed by atoms with Gasteiger partial charge in [0.05, 0.1) is 14.9 Å². The van der Waals surface area contributed by atoms with E-state index < -0.39 is 5.82 Å². The van der Waals surface area contributed by atoms with Crippen LogP contribution in [-0.2, 0) is 0 Å². The summed E-state index contributed by atoms with van der Waals surface area (Å²) in [6, 6.07) is 2.70. The molecule has 0 saturated carbocycles. The minimum atomic E-state index is -0.485. The number of hydrogen-bond acceptors (Lipinski definition) is 2. The Morgan fingerprint density at radius 3 is 2.86 bits per heavy atom. The second kappa shape index (κ2) is 3.37. The highest BCUT2D eigenvalue weighted by molar-refractivity contribution is 9.10. The Morgan fingerprint density at radius 2 is 2.21 bits per heavy atom. The zero-order valence-electron chi connectivity index (χ0n) is 6.68. The van der Waals surface area contributed by atoms with Gasteiger partial charge in [0, 0.05) is 0 Å². The van der Waals surface area contributed by atoms with Crippen molar-refractivity contribution in [3.05, 3.63) is 33.2 Å². The molecule has 0 fully saturated rings. The van der Waals surface area contributed by atoms with Crippen molar-refractivity contribution in [2.75, 3.05) is 0 Å². The molecular formula is C9H3BrClFO2. The van der Waals surface area contributed by atoms with Gasteiger partial charge < -0.3 is 4.42 Å². The predicted molar refractivity (Wildman–Crippen MR) is 54.3 cm³/mol. The van der Waals surface area contributed by atoms with Crippen molar-refractivity contribution in [2.45, 2.75) is 0 Å². The minimum absolute atomic E-state index is 0.0545. The van der Waals surface area contributed by atoms with E-state index in [9.17, 15) is 9.18 Å². The van der Waals surface area contributed by atoms with Gasteiger partial charge in [-0.1, -0.05) is 11.6 Å². The summed E-state index contributed by atoms with van der Waals surface area (Å²) in [4.78, 5) is 10.4. The van der Waals surface area contributed by atoms with E-state index in [0.29, 0.717) is 6.29 Å². The van der Waals surface area contributed by atoms with E-state index in [2.05, 4.69) is 15.9 Å². The minimum Gasteiger partial charge on any atom is -0.452 e. The summed E-state index contributed by atoms with van der Waals surface area (Å²) in [7, 11) is 0. The Kier molecular flexibility index (Phi) is 2.33. The van der Waals surface area contributed by atoms with E-state index in [1.54, 1.807) is 0 Å². The Labute approximate surface area is 91.8 Å². The van der Waals surface area contributed by atoms with E-state index in [0.717, 1.165) is 0 Å². The molecule has 5 heteroatoms. The number of fused-ring (bicyclic) bond motifs is 1. The molecule has 0 radical (unpaired) electrons. The van der Waals surface area contributed by atoms with E-state index in [1.807, 2.05) is 0 Å². The van der Waals surface area contributed by atoms with E-state index in [1.165, 1.54) is 12.1 Å². The molecule has 2 nitrogen and oxygen atoms in total. The maximum atomic E-state index is 13.4. The number of hydrogen-bond donors (Lipinski definition) is 0. The second-order valence-electron chi connectivity index (χ2n) is 2.66. The highest BCUT2D eigenvalue weighted by Crippen LogP contribution is 2.33. The molecule has 0 unspecified atom stereocenters. The van der Waals surface area contributed by atoms with Gasteiger partial charge in [0.15, 0.2) is 17.6 Å². The Morgan fingerprint density at radius 1 is 1.50 bits per heavy atom. The molecule has 1 heterocycles. The molecule has 72 valence electrons. The van der Waals surface area contributed by atoms with Gasteiger partial charge in [-0.15, -0.1) is 0 Å². The number of rotatable bonds is 1. The standard InChI is InChI=1S/C9H3BrClFO2/c10-6-2-7(11)9-5(8(6)12)1-4(3-13)14-9/h1-3H. The molecule has 1 aromatic heterocycles. The maximum absolute atomic E-state index is 13.4. The number of carbonyl (C=O) groups excluding carboxylic acids is 1. The van der Waals surface area contributed by atoms with Crippen LogP contribution in [0.3, 0.4) is 0 Å². The molecule has 0 spiro atoms. The largest absolute Gasteiger partial charge is 0.452 e. The van der Waals surface area contributed by atoms with Crippen LogP contribution < -0.4 is 0 Å². The Bertz CT molecular complexity index is 521. The zero-order chi connectivity index (χ0) is 10.3. The molecule has 14 heavy (non-hydrogen) atoms. The number of furan rings is 1. The first-order chi connectivity index (χ1) is 6.63. The van der Waals surface area contributed by atoms with Crippen molar-refractivity contribution >= 4 is 44.8 Å². The average molecular weight is 277 g/mol. The lowest BCUT2D eigenvalue weighted by Gasteiger charge is -1.96. The van der Waals surface area contributed by atoms with Crippen LogP contribution in [0.5, 0.6) is 0 Å². The van der Waals surface area contributed by atoms with Crippen molar-refractivity contribution in [1.82, 2.24) is 0 Å². The third-order valence-electron chi connectivity index (χ3n) is 1.78. The lowest BCUT2D eigenvalue weighted by molar-refractivity contribution is 0.110. The highest BCUT2D eigenvalue weighted by Gasteiger charge is 2.14. The second-order valence-corrected chi connectivity index (χ2v) is 3.93. The van der Waals surface area contributed by atoms with Crippen LogP contribution in [0.1, 0.15) is 10.6 Å². The van der Waals surface area contributed by atoms with Crippen LogP contribution in [0.4, 0.5) is 4.39 Å². The van der Waals surface area contributed by atoms with Gasteiger partial charge in [0.2, 0.25) is 0 Å². The lowest BCUT2D eigenvalue weighted by atomic mass is 10.2. The summed E-state index contributed by atoms with van der Waals surface area (Å²) in [5.74, 6) is -0.430. The summed E-state index contributed by atoms with van der Waals surface area (Å²) in [6.07, 6.45) is 0.504. The van der Waals surface area contributed by atoms with Gasteiger partial charge in [0.1, 0.15) is 5.82 Å². The first-order valence-corrected chi connectivity index (χ1v) is 4.83. The van der Waals surface area contributed by atoms with E-state index >= 15 is 0 Å². The summed E-state index contributed by atoms with van der Waals surface area (Å²) in [6.45, 7) is 0. The Balaban J connectivity index is 2.90. The van der Waals surface area contributed by atoms with Gasteiger partial charge in [0.25, 0.3) is 0 Å². The average Bonchev–Trinajstić information content (AvgIpc) is 2.58. The molecule has 0 amide bonds. The number of aldehydes is 1. The third-order valence-corrected chi connectivity index (χ3v) is 2.64. The number of benzene rings is 1. The zero-order valence-corrected chi connectivity index (χ0v) is 9.02. The van der Waals surface area contributed by atoms with Crippen molar-refractivity contribution in [2.24, 2.45) is 0 Å². The van der Waals surface area contributed by atoms with Crippen LogP contribution in [-0.4, -0.2) is 6.29 Å². The highest BCUT2D eigenvalue weighted by atomic mass is 79.9. The van der Waals surface area contributed by atoms with Gasteiger partial charge in [-0.2, -0.15) is 0 Å². The predicted octanol–water partition coefficient (Wildman–Crippen LogP) is 3.80. The fraction of sp³-hybridized carbons (Fsp3) is 0. The fourth-order valence-corrected chi connectivity index (χ4v) is 2.00. The summed E-state index contributed by atoms with van der Waals surface area (Å²) >= 11 is 8.81. The van der Waals surface area contributed by atoms with Crippen LogP contribution in [0, 0.1) is 5.82 Å². The molecule has 0 aliphatic rings. The van der Waals surface area contributed by atoms with Crippen molar-refractivity contribution in [3.8, 4) is 0 Å². The first-order valence-electron chi connectivity index (χ1n) is 3.65. The van der Waals surface area contributed by atoms with Crippen LogP contribution >= 0.6 is 27.5 Å². The van der Waals surface area contributed by atoms with Gasteiger partial charge in [-0.05, 0) is 28.1 Å². The van der Waals surface area contributed by atoms with E-state index in [4.69, 9.17) is 16.0 Å². The normalized spacial score (nSPS) is 10.8. The summed E-state index contributed by atoms with van der Waals surface area (Å²) in [5, 5.41) is 0.466. The number of carbonyl (C=O) groups is 1. The smallest absolute Gasteiger partial charge is 0.185 e. The van der Waals surface area contributed by atoms with Crippen LogP contribution in [0.2, 0.25) is 5.02 Å². The molecule has 0 N–H and O–H groups in total. The lowest BCUT2D eigenvalue weighted by Crippen LogP contribution is -1.78. The molecular weight excluding hydrogens is 274 g/mol. The molecule has 1 aromatic carbocycles. The topological polar surface area (TPSA) is 30.2 Å². The SMILES string of the molecule is O=Cc1cc2c(F)c(Br)cc(Cl)c2o1. The molecule has 0 saturated heterocycles. The van der Waals surface area contributed by atoms with Crippen LogP contribution in [0.15, 0.2) is 21.0 Å². The van der Waals surface area contributed by atoms with Crippen molar-refractivity contribution in [1.29, 1.82) is 0 Å². The Hall–Kier alpha value is -0.870. The first kappa shape index (κ1) is 9.68. The maximum Gasteiger partial charge on any atom is 0.185 e. The van der Waals surface area contributed by atoms with Gasteiger partial charge >= 0.3 is 0 Å². The monoisotopic (exact) mass is 276 g/mol. The quantitative estimate of drug-likeness (QED) is 0.586.